The van der Waals surface area contributed by atoms with Gasteiger partial charge in [0.15, 0.2) is 5.78 Å². The van der Waals surface area contributed by atoms with Crippen LogP contribution in [0.5, 0.6) is 0 Å². The number of hydrogen-bond donors (Lipinski definition) is 0. The van der Waals surface area contributed by atoms with Crippen LogP contribution in [-0.4, -0.2) is 30.3 Å². The zero-order valence-electron chi connectivity index (χ0n) is 15.4. The molecule has 1 fully saturated rings. The highest BCUT2D eigenvalue weighted by Gasteiger charge is 2.20. The molecule has 2 aromatic rings. The van der Waals surface area contributed by atoms with Gasteiger partial charge in [-0.25, -0.2) is 0 Å². The molecule has 2 aromatic carbocycles. The molecule has 0 amide bonds. The third kappa shape index (κ3) is 5.03. The number of benzene rings is 2. The van der Waals surface area contributed by atoms with E-state index < -0.39 is 0 Å². The van der Waals surface area contributed by atoms with E-state index >= 15 is 0 Å². The topological polar surface area (TPSA) is 67.9 Å². The number of carbonyl (C=O) groups excluding carboxylic acids is 1. The number of nitriles is 2. The first-order valence-corrected chi connectivity index (χ1v) is 9.45. The van der Waals surface area contributed by atoms with Crippen molar-refractivity contribution in [1.82, 2.24) is 4.90 Å². The van der Waals surface area contributed by atoms with Crippen LogP contribution in [0.2, 0.25) is 0 Å². The minimum atomic E-state index is 0.0771. The highest BCUT2D eigenvalue weighted by atomic mass is 16.1. The minimum Gasteiger partial charge on any atom is -0.303 e. The molecule has 27 heavy (non-hydrogen) atoms. The van der Waals surface area contributed by atoms with Crippen LogP contribution in [0, 0.1) is 22.7 Å². The molecule has 0 aliphatic carbocycles. The van der Waals surface area contributed by atoms with Gasteiger partial charge in [0.25, 0.3) is 0 Å². The Bertz CT molecular complexity index is 868. The molecule has 1 saturated heterocycles. The Kier molecular flexibility index (Phi) is 6.36. The normalized spacial score (nSPS) is 15.0. The summed E-state index contributed by atoms with van der Waals surface area (Å²) in [5.41, 5.74) is 2.87. The van der Waals surface area contributed by atoms with Crippen molar-refractivity contribution in [1.29, 1.82) is 10.5 Å². The van der Waals surface area contributed by atoms with Gasteiger partial charge in [-0.2, -0.15) is 10.5 Å². The van der Waals surface area contributed by atoms with Gasteiger partial charge in [-0.15, -0.1) is 0 Å². The smallest absolute Gasteiger partial charge is 0.163 e. The van der Waals surface area contributed by atoms with E-state index in [1.54, 1.807) is 30.3 Å². The largest absolute Gasteiger partial charge is 0.303 e. The average Bonchev–Trinajstić information content (AvgIpc) is 3.24. The molecule has 0 radical (unpaired) electrons. The molecule has 1 unspecified atom stereocenters. The maximum absolute atomic E-state index is 12.8. The Morgan fingerprint density at radius 3 is 2.37 bits per heavy atom. The summed E-state index contributed by atoms with van der Waals surface area (Å²) in [5, 5.41) is 18.1. The summed E-state index contributed by atoms with van der Waals surface area (Å²) in [6.07, 6.45) is 3.81. The van der Waals surface area contributed by atoms with Crippen molar-refractivity contribution >= 4 is 5.78 Å². The minimum absolute atomic E-state index is 0.0771. The van der Waals surface area contributed by atoms with E-state index in [9.17, 15) is 10.1 Å². The van der Waals surface area contributed by atoms with E-state index in [1.165, 1.54) is 12.8 Å². The van der Waals surface area contributed by atoms with Crippen LogP contribution in [0.25, 0.3) is 0 Å². The lowest BCUT2D eigenvalue weighted by Crippen LogP contribution is -2.23. The van der Waals surface area contributed by atoms with Gasteiger partial charge in [-0.05, 0) is 74.6 Å². The van der Waals surface area contributed by atoms with Crippen molar-refractivity contribution in [2.45, 2.75) is 31.6 Å². The maximum Gasteiger partial charge on any atom is 0.163 e. The summed E-state index contributed by atoms with van der Waals surface area (Å²) >= 11 is 0. The fraction of sp³-hybridized carbons (Fsp3) is 0.348. The highest BCUT2D eigenvalue weighted by Crippen LogP contribution is 2.27. The van der Waals surface area contributed by atoms with Crippen molar-refractivity contribution in [2.75, 3.05) is 19.6 Å². The van der Waals surface area contributed by atoms with Crippen LogP contribution in [0.15, 0.2) is 48.5 Å². The van der Waals surface area contributed by atoms with Crippen molar-refractivity contribution in [3.05, 3.63) is 70.8 Å². The third-order valence-corrected chi connectivity index (χ3v) is 5.25. The summed E-state index contributed by atoms with van der Waals surface area (Å²) < 4.78 is 0. The Labute approximate surface area is 160 Å². The van der Waals surface area contributed by atoms with Gasteiger partial charge < -0.3 is 4.90 Å². The molecule has 0 N–H and O–H groups in total. The molecule has 1 aliphatic rings. The number of ketones is 1. The number of nitrogens with zero attached hydrogens (tertiary/aromatic N) is 3. The second-order valence-electron chi connectivity index (χ2n) is 7.09. The zero-order valence-corrected chi connectivity index (χ0v) is 15.4. The predicted octanol–water partition coefficient (Wildman–Crippen LogP) is 4.27. The standard InChI is InChI=1S/C23H23N3O/c24-16-18-6-8-20(9-7-18)23(27)15-22(10-13-26-11-1-2-12-26)21-5-3-4-19(14-21)17-25/h3-9,14,22H,1-2,10-13,15H2. The van der Waals surface area contributed by atoms with Crippen LogP contribution in [-0.2, 0) is 0 Å². The summed E-state index contributed by atoms with van der Waals surface area (Å²) in [4.78, 5) is 15.3. The molecule has 4 heteroatoms. The van der Waals surface area contributed by atoms with Gasteiger partial charge in [0.05, 0.1) is 23.3 Å². The Balaban J connectivity index is 1.76. The molecule has 0 bridgehead atoms. The number of carbonyl (C=O) groups is 1. The lowest BCUT2D eigenvalue weighted by Gasteiger charge is -2.21. The number of rotatable bonds is 7. The van der Waals surface area contributed by atoms with Crippen molar-refractivity contribution in [3.63, 3.8) is 0 Å². The van der Waals surface area contributed by atoms with E-state index in [1.807, 2.05) is 18.2 Å². The molecular weight excluding hydrogens is 334 g/mol. The molecule has 1 aliphatic heterocycles. The average molecular weight is 357 g/mol. The Morgan fingerprint density at radius 2 is 1.70 bits per heavy atom. The highest BCUT2D eigenvalue weighted by molar-refractivity contribution is 5.96. The van der Waals surface area contributed by atoms with Gasteiger partial charge >= 0.3 is 0 Å². The number of hydrogen-bond acceptors (Lipinski definition) is 4. The molecule has 0 aromatic heterocycles. The third-order valence-electron chi connectivity index (χ3n) is 5.25. The number of likely N-dealkylation sites (tertiary alicyclic amines) is 1. The second-order valence-corrected chi connectivity index (χ2v) is 7.09. The lowest BCUT2D eigenvalue weighted by atomic mass is 9.88. The molecule has 0 spiro atoms. The second kappa shape index (κ2) is 9.12. The lowest BCUT2D eigenvalue weighted by molar-refractivity contribution is 0.0970. The van der Waals surface area contributed by atoms with Crippen LogP contribution >= 0.6 is 0 Å². The first-order chi connectivity index (χ1) is 13.2. The van der Waals surface area contributed by atoms with Gasteiger partial charge in [-0.1, -0.05) is 24.3 Å². The summed E-state index contributed by atoms with van der Waals surface area (Å²) in [6.45, 7) is 3.24. The van der Waals surface area contributed by atoms with Gasteiger partial charge in [-0.3, -0.25) is 4.79 Å². The van der Waals surface area contributed by atoms with Gasteiger partial charge in [0.1, 0.15) is 0 Å². The van der Waals surface area contributed by atoms with Crippen LogP contribution in [0.4, 0.5) is 0 Å². The summed E-state index contributed by atoms with van der Waals surface area (Å²) in [5.74, 6) is 0.162. The van der Waals surface area contributed by atoms with Gasteiger partial charge in [0.2, 0.25) is 0 Å². The summed E-state index contributed by atoms with van der Waals surface area (Å²) in [7, 11) is 0. The van der Waals surface area contributed by atoms with E-state index in [-0.39, 0.29) is 11.7 Å². The molecule has 3 rings (SSSR count). The Morgan fingerprint density at radius 1 is 1.00 bits per heavy atom. The molecule has 0 saturated carbocycles. The van der Waals surface area contributed by atoms with E-state index in [0.29, 0.717) is 23.1 Å². The molecule has 4 nitrogen and oxygen atoms in total. The summed E-state index contributed by atoms with van der Waals surface area (Å²) in [6, 6.07) is 18.7. The fourth-order valence-electron chi connectivity index (χ4n) is 3.67. The number of Topliss-reactive ketones (excluding diaryl/α,β-unsaturated/α-hetero) is 1. The predicted molar refractivity (Wildman–Crippen MR) is 104 cm³/mol. The van der Waals surface area contributed by atoms with Crippen molar-refractivity contribution in [3.8, 4) is 12.1 Å². The molecular formula is C23H23N3O. The molecule has 1 heterocycles. The van der Waals surface area contributed by atoms with Gasteiger partial charge in [0, 0.05) is 12.0 Å². The maximum atomic E-state index is 12.8. The Hall–Kier alpha value is -2.95. The van der Waals surface area contributed by atoms with Crippen LogP contribution in [0.1, 0.15) is 58.6 Å². The van der Waals surface area contributed by atoms with Crippen LogP contribution < -0.4 is 0 Å². The quantitative estimate of drug-likeness (QED) is 0.694. The SMILES string of the molecule is N#Cc1ccc(C(=O)CC(CCN2CCCC2)c2cccc(C#N)c2)cc1. The fourth-order valence-corrected chi connectivity index (χ4v) is 3.67. The molecule has 136 valence electrons. The van der Waals surface area contributed by atoms with E-state index in [4.69, 9.17) is 5.26 Å². The van der Waals surface area contributed by atoms with E-state index in [2.05, 4.69) is 17.0 Å². The van der Waals surface area contributed by atoms with Crippen molar-refractivity contribution < 1.29 is 4.79 Å². The van der Waals surface area contributed by atoms with Crippen molar-refractivity contribution in [2.24, 2.45) is 0 Å². The van der Waals surface area contributed by atoms with Crippen LogP contribution in [0.3, 0.4) is 0 Å². The first kappa shape index (κ1) is 18.8. The first-order valence-electron chi connectivity index (χ1n) is 9.45. The molecule has 1 atom stereocenters. The monoisotopic (exact) mass is 357 g/mol. The van der Waals surface area contributed by atoms with E-state index in [0.717, 1.165) is 31.6 Å². The zero-order chi connectivity index (χ0) is 19.1.